The van der Waals surface area contributed by atoms with Crippen LogP contribution in [0.5, 0.6) is 0 Å². The molecule has 26 heavy (non-hydrogen) atoms. The van der Waals surface area contributed by atoms with E-state index in [0.29, 0.717) is 23.5 Å². The molecule has 0 spiro atoms. The Labute approximate surface area is 153 Å². The van der Waals surface area contributed by atoms with Gasteiger partial charge in [0.1, 0.15) is 5.69 Å². The van der Waals surface area contributed by atoms with Crippen molar-refractivity contribution in [1.82, 2.24) is 14.7 Å². The van der Waals surface area contributed by atoms with Crippen molar-refractivity contribution >= 4 is 5.91 Å². The molecule has 5 nitrogen and oxygen atoms in total. The van der Waals surface area contributed by atoms with Crippen molar-refractivity contribution in [3.05, 3.63) is 58.5 Å². The van der Waals surface area contributed by atoms with Crippen LogP contribution in [-0.2, 0) is 0 Å². The highest BCUT2D eigenvalue weighted by Crippen LogP contribution is 2.36. The summed E-state index contributed by atoms with van der Waals surface area (Å²) in [6.45, 7) is 2.29. The number of carbonyl (C=O) groups is 1. The van der Waals surface area contributed by atoms with Gasteiger partial charge in [0.25, 0.3) is 11.5 Å². The van der Waals surface area contributed by atoms with E-state index < -0.39 is 0 Å². The number of benzene rings is 1. The van der Waals surface area contributed by atoms with Crippen molar-refractivity contribution in [3.8, 4) is 5.69 Å². The molecular weight excluding hydrogens is 326 g/mol. The van der Waals surface area contributed by atoms with E-state index in [2.05, 4.69) is 16.9 Å². The second kappa shape index (κ2) is 7.06. The summed E-state index contributed by atoms with van der Waals surface area (Å²) in [7, 11) is 0. The van der Waals surface area contributed by atoms with Crippen LogP contribution in [0.4, 0.5) is 0 Å². The second-order valence-corrected chi connectivity index (χ2v) is 7.66. The molecule has 0 N–H and O–H groups in total. The first-order valence-electron chi connectivity index (χ1n) is 9.62. The molecule has 0 unspecified atom stereocenters. The lowest BCUT2D eigenvalue weighted by atomic mass is 9.86. The van der Waals surface area contributed by atoms with Crippen LogP contribution >= 0.6 is 0 Å². The lowest BCUT2D eigenvalue weighted by molar-refractivity contribution is 0.0585. The summed E-state index contributed by atoms with van der Waals surface area (Å²) in [5.74, 6) is 0.720. The number of hydrogen-bond acceptors (Lipinski definition) is 3. The van der Waals surface area contributed by atoms with Crippen molar-refractivity contribution in [1.29, 1.82) is 0 Å². The Morgan fingerprint density at radius 2 is 1.58 bits per heavy atom. The van der Waals surface area contributed by atoms with Gasteiger partial charge in [0.05, 0.1) is 5.69 Å². The van der Waals surface area contributed by atoms with E-state index in [0.717, 1.165) is 31.6 Å². The molecule has 1 heterocycles. The van der Waals surface area contributed by atoms with Crippen LogP contribution in [0, 0.1) is 5.92 Å². The molecule has 2 aromatic rings. The summed E-state index contributed by atoms with van der Waals surface area (Å²) in [6, 6.07) is 12.9. The van der Waals surface area contributed by atoms with Crippen LogP contribution in [0.15, 0.2) is 47.3 Å². The fourth-order valence-corrected chi connectivity index (χ4v) is 3.91. The zero-order valence-electron chi connectivity index (χ0n) is 15.2. The van der Waals surface area contributed by atoms with E-state index in [1.165, 1.54) is 23.6 Å². The van der Waals surface area contributed by atoms with E-state index in [-0.39, 0.29) is 11.5 Å². The van der Waals surface area contributed by atoms with Gasteiger partial charge in [-0.05, 0) is 62.6 Å². The van der Waals surface area contributed by atoms with E-state index in [4.69, 9.17) is 0 Å². The maximum atomic E-state index is 13.2. The minimum absolute atomic E-state index is 0.0308. The van der Waals surface area contributed by atoms with Crippen LogP contribution < -0.4 is 5.56 Å². The standard InChI is InChI=1S/C21H25N3O2/c1-15-7-9-16(10-8-15)23(17-11-12-17)21(26)19-13-14-20(25)24(22-19)18-5-3-2-4-6-18/h2-6,13-17H,7-12H2,1H3. The normalized spacial score (nSPS) is 22.8. The topological polar surface area (TPSA) is 55.2 Å². The third-order valence-corrected chi connectivity index (χ3v) is 5.57. The van der Waals surface area contributed by atoms with Gasteiger partial charge >= 0.3 is 0 Å². The number of rotatable bonds is 4. The van der Waals surface area contributed by atoms with Gasteiger partial charge in [-0.2, -0.15) is 9.78 Å². The van der Waals surface area contributed by atoms with Crippen LogP contribution in [0.2, 0.25) is 0 Å². The van der Waals surface area contributed by atoms with Crippen molar-refractivity contribution in [2.45, 2.75) is 57.5 Å². The molecule has 136 valence electrons. The van der Waals surface area contributed by atoms with Crippen LogP contribution in [-0.4, -0.2) is 32.7 Å². The minimum Gasteiger partial charge on any atom is -0.331 e. The molecule has 0 bridgehead atoms. The predicted octanol–water partition coefficient (Wildman–Crippen LogP) is 3.42. The molecule has 0 radical (unpaired) electrons. The maximum absolute atomic E-state index is 13.2. The molecule has 0 saturated heterocycles. The smallest absolute Gasteiger partial charge is 0.274 e. The van der Waals surface area contributed by atoms with E-state index in [9.17, 15) is 9.59 Å². The molecule has 1 amide bonds. The van der Waals surface area contributed by atoms with Crippen LogP contribution in [0.1, 0.15) is 55.9 Å². The molecule has 4 rings (SSSR count). The number of para-hydroxylation sites is 1. The molecule has 0 atom stereocenters. The summed E-state index contributed by atoms with van der Waals surface area (Å²) < 4.78 is 1.32. The fraction of sp³-hybridized carbons (Fsp3) is 0.476. The van der Waals surface area contributed by atoms with Gasteiger partial charge in [0.15, 0.2) is 0 Å². The Morgan fingerprint density at radius 3 is 2.19 bits per heavy atom. The minimum atomic E-state index is -0.225. The van der Waals surface area contributed by atoms with Gasteiger partial charge in [-0.1, -0.05) is 25.1 Å². The molecule has 2 saturated carbocycles. The zero-order valence-corrected chi connectivity index (χ0v) is 15.2. The van der Waals surface area contributed by atoms with Gasteiger partial charge in [0.2, 0.25) is 0 Å². The summed E-state index contributed by atoms with van der Waals surface area (Å²) in [5, 5.41) is 4.40. The van der Waals surface area contributed by atoms with Gasteiger partial charge in [-0.15, -0.1) is 0 Å². The Hall–Kier alpha value is -2.43. The Kier molecular flexibility index (Phi) is 4.62. The highest BCUT2D eigenvalue weighted by molar-refractivity contribution is 5.92. The number of hydrogen-bond donors (Lipinski definition) is 0. The Balaban J connectivity index is 1.63. The SMILES string of the molecule is CC1CCC(N(C(=O)c2ccc(=O)n(-c3ccccc3)n2)C2CC2)CC1. The summed E-state index contributed by atoms with van der Waals surface area (Å²) in [4.78, 5) is 27.5. The molecular formula is C21H25N3O2. The Morgan fingerprint density at radius 1 is 0.962 bits per heavy atom. The zero-order chi connectivity index (χ0) is 18.1. The highest BCUT2D eigenvalue weighted by Gasteiger charge is 2.39. The van der Waals surface area contributed by atoms with E-state index in [1.807, 2.05) is 30.3 Å². The largest absolute Gasteiger partial charge is 0.331 e. The Bertz CT molecular complexity index is 834. The summed E-state index contributed by atoms with van der Waals surface area (Å²) in [6.07, 6.45) is 6.66. The maximum Gasteiger partial charge on any atom is 0.274 e. The van der Waals surface area contributed by atoms with E-state index in [1.54, 1.807) is 6.07 Å². The third-order valence-electron chi connectivity index (χ3n) is 5.57. The molecule has 2 fully saturated rings. The monoisotopic (exact) mass is 351 g/mol. The van der Waals surface area contributed by atoms with Gasteiger partial charge in [-0.3, -0.25) is 9.59 Å². The van der Waals surface area contributed by atoms with E-state index >= 15 is 0 Å². The second-order valence-electron chi connectivity index (χ2n) is 7.66. The lowest BCUT2D eigenvalue weighted by Gasteiger charge is -2.36. The van der Waals surface area contributed by atoms with Crippen molar-refractivity contribution in [2.75, 3.05) is 0 Å². The first-order chi connectivity index (χ1) is 12.6. The number of nitrogens with zero attached hydrogens (tertiary/aromatic N) is 3. The van der Waals surface area contributed by atoms with Crippen LogP contribution in [0.25, 0.3) is 5.69 Å². The van der Waals surface area contributed by atoms with Gasteiger partial charge < -0.3 is 4.90 Å². The molecule has 5 heteroatoms. The quantitative estimate of drug-likeness (QED) is 0.848. The van der Waals surface area contributed by atoms with Gasteiger partial charge in [0, 0.05) is 18.2 Å². The molecule has 1 aromatic carbocycles. The lowest BCUT2D eigenvalue weighted by Crippen LogP contribution is -2.44. The molecule has 2 aliphatic carbocycles. The third kappa shape index (κ3) is 3.43. The fourth-order valence-electron chi connectivity index (χ4n) is 3.91. The molecule has 0 aliphatic heterocycles. The number of aromatic nitrogens is 2. The number of amides is 1. The number of carbonyl (C=O) groups excluding carboxylic acids is 1. The first kappa shape index (κ1) is 17.0. The van der Waals surface area contributed by atoms with Gasteiger partial charge in [-0.25, -0.2) is 0 Å². The average molecular weight is 351 g/mol. The average Bonchev–Trinajstić information content (AvgIpc) is 3.49. The summed E-state index contributed by atoms with van der Waals surface area (Å²) >= 11 is 0. The highest BCUT2D eigenvalue weighted by atomic mass is 16.2. The van der Waals surface area contributed by atoms with Crippen LogP contribution in [0.3, 0.4) is 0 Å². The van der Waals surface area contributed by atoms with Crippen molar-refractivity contribution in [3.63, 3.8) is 0 Å². The van der Waals surface area contributed by atoms with Crippen molar-refractivity contribution < 1.29 is 4.79 Å². The van der Waals surface area contributed by atoms with Crippen molar-refractivity contribution in [2.24, 2.45) is 5.92 Å². The molecule has 2 aliphatic rings. The first-order valence-corrected chi connectivity index (χ1v) is 9.62. The summed E-state index contributed by atoms with van der Waals surface area (Å²) in [5.41, 5.74) is 0.813. The molecule has 1 aromatic heterocycles. The predicted molar refractivity (Wildman–Crippen MR) is 100 cm³/mol.